The second-order valence-corrected chi connectivity index (χ2v) is 22.1. The lowest BCUT2D eigenvalue weighted by molar-refractivity contribution is 0.955. The highest BCUT2D eigenvalue weighted by atomic mass is 15.2. The van der Waals surface area contributed by atoms with Gasteiger partial charge < -0.3 is 0 Å². The minimum atomic E-state index is 0.580. The van der Waals surface area contributed by atoms with Crippen molar-refractivity contribution in [3.63, 3.8) is 0 Å². The molecule has 0 aliphatic rings. The van der Waals surface area contributed by atoms with Gasteiger partial charge in [-0.15, -0.1) is 16.4 Å². The molecule has 0 unspecified atom stereocenters. The first kappa shape index (κ1) is 50.6. The van der Waals surface area contributed by atoms with E-state index in [1.54, 1.807) is 0 Å². The van der Waals surface area contributed by atoms with Crippen molar-refractivity contribution in [1.29, 1.82) is 0 Å². The third-order valence-corrected chi connectivity index (χ3v) is 17.5. The van der Waals surface area contributed by atoms with E-state index in [1.807, 2.05) is 30.5 Å². The van der Waals surface area contributed by atoms with Crippen LogP contribution in [0.1, 0.15) is 0 Å². The molecule has 0 saturated heterocycles. The number of aromatic nitrogens is 6. The van der Waals surface area contributed by atoms with E-state index in [0.29, 0.717) is 17.6 Å². The molecule has 15 rings (SSSR count). The molecule has 15 aromatic rings. The van der Waals surface area contributed by atoms with Crippen LogP contribution in [0, 0.1) is 0 Å². The SMILES string of the molecule is Bc1c(B)c(B)c(-c2nc(-c3ccccc3)nc(-n3c4ccc(-c5ccccc5-c5cccc(-c6cccc(-c7ccccc7-c7ccnc8c7ccc7ccc(-c9ccccc9)nc78)c6)c5)cc4c4c5ccccc5ccc43)n2)c(B)c1B. The van der Waals surface area contributed by atoms with E-state index in [9.17, 15) is 0 Å². The summed E-state index contributed by atoms with van der Waals surface area (Å²) in [5.41, 5.74) is 25.4. The molecule has 11 heteroatoms. The molecule has 0 amide bonds. The van der Waals surface area contributed by atoms with E-state index in [-0.39, 0.29) is 0 Å². The summed E-state index contributed by atoms with van der Waals surface area (Å²) in [5, 5.41) is 6.76. The van der Waals surface area contributed by atoms with Crippen LogP contribution in [0.5, 0.6) is 0 Å². The van der Waals surface area contributed by atoms with Crippen LogP contribution >= 0.6 is 0 Å². The molecular weight excluding hydrogens is 1010 g/mol. The van der Waals surface area contributed by atoms with Crippen LogP contribution in [0.3, 0.4) is 0 Å². The van der Waals surface area contributed by atoms with Gasteiger partial charge in [0.2, 0.25) is 5.95 Å². The zero-order valence-electron chi connectivity index (χ0n) is 47.4. The maximum atomic E-state index is 5.46. The second-order valence-electron chi connectivity index (χ2n) is 22.1. The van der Waals surface area contributed by atoms with Crippen molar-refractivity contribution >= 4 is 121 Å². The minimum absolute atomic E-state index is 0.580. The monoisotopic (exact) mass is 1070 g/mol. The molecule has 0 bridgehead atoms. The topological polar surface area (TPSA) is 69.4 Å². The molecule has 0 atom stereocenters. The molecular formula is C73H51B5N6. The minimum Gasteiger partial charge on any atom is -0.278 e. The van der Waals surface area contributed by atoms with Crippen LogP contribution in [0.15, 0.2) is 249 Å². The highest BCUT2D eigenvalue weighted by molar-refractivity contribution is 6.68. The molecule has 0 saturated carbocycles. The van der Waals surface area contributed by atoms with Gasteiger partial charge in [0.25, 0.3) is 0 Å². The lowest BCUT2D eigenvalue weighted by Crippen LogP contribution is -2.55. The zero-order valence-corrected chi connectivity index (χ0v) is 47.4. The van der Waals surface area contributed by atoms with Gasteiger partial charge in [0.15, 0.2) is 11.6 Å². The molecule has 11 aromatic carbocycles. The summed E-state index contributed by atoms with van der Waals surface area (Å²) in [6.45, 7) is 0. The van der Waals surface area contributed by atoms with Crippen LogP contribution in [-0.2, 0) is 0 Å². The fourth-order valence-corrected chi connectivity index (χ4v) is 12.8. The second kappa shape index (κ2) is 20.6. The van der Waals surface area contributed by atoms with E-state index in [2.05, 4.69) is 262 Å². The Kier molecular flexibility index (Phi) is 12.4. The number of benzene rings is 11. The Balaban J connectivity index is 0.832. The van der Waals surface area contributed by atoms with Gasteiger partial charge in [-0.2, -0.15) is 9.97 Å². The van der Waals surface area contributed by atoms with E-state index < -0.39 is 0 Å². The molecule has 84 heavy (non-hydrogen) atoms. The predicted octanol–water partition coefficient (Wildman–Crippen LogP) is 9.85. The molecule has 0 N–H and O–H groups in total. The molecule has 0 fully saturated rings. The van der Waals surface area contributed by atoms with E-state index >= 15 is 0 Å². The summed E-state index contributed by atoms with van der Waals surface area (Å²) in [5.74, 6) is 1.88. The van der Waals surface area contributed by atoms with Gasteiger partial charge >= 0.3 is 0 Å². The Bertz CT molecular complexity index is 5130. The number of hydrogen-bond acceptors (Lipinski definition) is 5. The van der Waals surface area contributed by atoms with Crippen molar-refractivity contribution in [1.82, 2.24) is 29.5 Å². The summed E-state index contributed by atoms with van der Waals surface area (Å²) in [6.07, 6.45) is 1.92. The maximum absolute atomic E-state index is 5.46. The van der Waals surface area contributed by atoms with Crippen molar-refractivity contribution in [3.05, 3.63) is 249 Å². The van der Waals surface area contributed by atoms with Crippen molar-refractivity contribution in [3.8, 4) is 95.6 Å². The van der Waals surface area contributed by atoms with Crippen molar-refractivity contribution < 1.29 is 0 Å². The smallest absolute Gasteiger partial charge is 0.238 e. The Morgan fingerprint density at radius 1 is 0.298 bits per heavy atom. The third kappa shape index (κ3) is 8.53. The van der Waals surface area contributed by atoms with E-state index in [0.717, 1.165) is 122 Å². The Hall–Kier alpha value is -10.4. The van der Waals surface area contributed by atoms with Gasteiger partial charge in [0.1, 0.15) is 39.2 Å². The first-order valence-corrected chi connectivity index (χ1v) is 28.7. The van der Waals surface area contributed by atoms with Crippen LogP contribution < -0.4 is 27.3 Å². The number of hydrogen-bond donors (Lipinski definition) is 0. The average molecular weight is 1070 g/mol. The number of fused-ring (bicyclic) bond motifs is 8. The summed E-state index contributed by atoms with van der Waals surface area (Å²) in [7, 11) is 11.0. The summed E-state index contributed by atoms with van der Waals surface area (Å²) in [4.78, 5) is 26.2. The lowest BCUT2D eigenvalue weighted by Gasteiger charge is -2.20. The largest absolute Gasteiger partial charge is 0.278 e. The average Bonchev–Trinajstić information content (AvgIpc) is 2.37. The van der Waals surface area contributed by atoms with E-state index in [4.69, 9.17) is 24.9 Å². The van der Waals surface area contributed by atoms with E-state index in [1.165, 1.54) is 38.1 Å². The fourth-order valence-electron chi connectivity index (χ4n) is 12.8. The van der Waals surface area contributed by atoms with Gasteiger partial charge in [-0.1, -0.05) is 211 Å². The molecule has 0 aliphatic carbocycles. The van der Waals surface area contributed by atoms with Crippen LogP contribution in [-0.4, -0.2) is 68.7 Å². The van der Waals surface area contributed by atoms with Gasteiger partial charge in [0, 0.05) is 44.4 Å². The molecule has 0 radical (unpaired) electrons. The standard InChI is InChI=1S/C73H51B5N6/c74-64-63(65(75)67(77)68(78)66(64)76)72-81-71(45-18-5-2-6-19-45)82-73(83-72)84-60-35-32-50(41-58(60)62-54-27-8-7-15-42(54)31-36-61(62)84)52-25-10-9-24-51(52)48-22-13-20-46(39-48)47-21-14-23-49(40-47)53-26-11-12-28-55(53)56-37-38-79-70-57(56)33-29-44-30-34-59(80-69(44)70)43-16-3-1-4-17-43/h1-41H,74-78H2. The van der Waals surface area contributed by atoms with Crippen molar-refractivity contribution in [2.75, 3.05) is 0 Å². The Labute approximate surface area is 492 Å². The highest BCUT2D eigenvalue weighted by Crippen LogP contribution is 2.43. The maximum Gasteiger partial charge on any atom is 0.238 e. The van der Waals surface area contributed by atoms with Gasteiger partial charge in [-0.3, -0.25) is 9.55 Å². The lowest BCUT2D eigenvalue weighted by atomic mass is 9.60. The first-order valence-electron chi connectivity index (χ1n) is 28.7. The molecule has 0 spiro atoms. The molecule has 388 valence electrons. The van der Waals surface area contributed by atoms with Crippen molar-refractivity contribution in [2.24, 2.45) is 0 Å². The quantitative estimate of drug-likeness (QED) is 0.106. The fraction of sp³-hybridized carbons (Fsp3) is 0. The van der Waals surface area contributed by atoms with Crippen LogP contribution in [0.4, 0.5) is 0 Å². The van der Waals surface area contributed by atoms with Crippen molar-refractivity contribution in [2.45, 2.75) is 0 Å². The third-order valence-electron chi connectivity index (χ3n) is 17.5. The molecule has 6 nitrogen and oxygen atoms in total. The molecule has 0 aliphatic heterocycles. The first-order chi connectivity index (χ1) is 41.2. The molecule has 4 heterocycles. The number of nitrogens with zero attached hydrogens (tertiary/aromatic N) is 6. The normalized spacial score (nSPS) is 11.6. The van der Waals surface area contributed by atoms with Crippen LogP contribution in [0.2, 0.25) is 0 Å². The predicted molar refractivity (Wildman–Crippen MR) is 367 cm³/mol. The highest BCUT2D eigenvalue weighted by Gasteiger charge is 2.23. The number of rotatable bonds is 9. The zero-order chi connectivity index (χ0) is 56.6. The molecule has 4 aromatic heterocycles. The van der Waals surface area contributed by atoms with Gasteiger partial charge in [0.05, 0.1) is 27.8 Å². The number of pyridine rings is 2. The summed E-state index contributed by atoms with van der Waals surface area (Å²) < 4.78 is 2.25. The summed E-state index contributed by atoms with van der Waals surface area (Å²) >= 11 is 0. The summed E-state index contributed by atoms with van der Waals surface area (Å²) in [6, 6.07) is 86.8. The van der Waals surface area contributed by atoms with Gasteiger partial charge in [-0.25, -0.2) is 9.97 Å². The Morgan fingerprint density at radius 3 is 1.54 bits per heavy atom. The Morgan fingerprint density at radius 2 is 0.833 bits per heavy atom. The van der Waals surface area contributed by atoms with Crippen LogP contribution in [0.25, 0.3) is 150 Å². The van der Waals surface area contributed by atoms with Gasteiger partial charge in [-0.05, 0) is 109 Å².